The second-order valence-corrected chi connectivity index (χ2v) is 6.72. The highest BCUT2D eigenvalue weighted by Crippen LogP contribution is 2.42. The lowest BCUT2D eigenvalue weighted by Crippen LogP contribution is -2.56. The van der Waals surface area contributed by atoms with E-state index in [1.165, 1.54) is 4.90 Å². The zero-order chi connectivity index (χ0) is 18.1. The molecule has 5 nitrogen and oxygen atoms in total. The van der Waals surface area contributed by atoms with Crippen molar-refractivity contribution < 1.29 is 19.1 Å². The van der Waals surface area contributed by atoms with E-state index in [2.05, 4.69) is 0 Å². The molecule has 0 aliphatic carbocycles. The molecule has 0 radical (unpaired) electrons. The van der Waals surface area contributed by atoms with Gasteiger partial charge in [0.25, 0.3) is 11.8 Å². The van der Waals surface area contributed by atoms with Crippen LogP contribution in [0.1, 0.15) is 40.7 Å². The number of carbonyl (C=O) groups is 2. The van der Waals surface area contributed by atoms with Crippen LogP contribution in [0, 0.1) is 0 Å². The smallest absolute Gasteiger partial charge is 0.266 e. The minimum Gasteiger partial charge on any atom is -0.497 e. The predicted octanol–water partition coefficient (Wildman–Crippen LogP) is 3.27. The first-order valence-corrected chi connectivity index (χ1v) is 8.88. The van der Waals surface area contributed by atoms with E-state index in [4.69, 9.17) is 9.47 Å². The Labute approximate surface area is 152 Å². The van der Waals surface area contributed by atoms with Crippen LogP contribution in [0.3, 0.4) is 0 Å². The zero-order valence-electron chi connectivity index (χ0n) is 14.7. The number of imide groups is 1. The van der Waals surface area contributed by atoms with Crippen molar-refractivity contribution in [2.75, 3.05) is 13.7 Å². The quantitative estimate of drug-likeness (QED) is 0.797. The highest BCUT2D eigenvalue weighted by atomic mass is 16.5. The molecule has 134 valence electrons. The molecule has 1 atom stereocenters. The lowest BCUT2D eigenvalue weighted by atomic mass is 9.79. The highest BCUT2D eigenvalue weighted by molar-refractivity contribution is 6.12. The Morgan fingerprint density at radius 3 is 2.54 bits per heavy atom. The van der Waals surface area contributed by atoms with Gasteiger partial charge in [-0.2, -0.15) is 0 Å². The van der Waals surface area contributed by atoms with E-state index in [9.17, 15) is 9.59 Å². The second kappa shape index (κ2) is 6.57. The highest BCUT2D eigenvalue weighted by Gasteiger charge is 2.52. The summed E-state index contributed by atoms with van der Waals surface area (Å²) in [6.07, 6.45) is 2.45. The Kier molecular flexibility index (Phi) is 4.24. The number of benzene rings is 2. The summed E-state index contributed by atoms with van der Waals surface area (Å²) in [5.74, 6) is 0.223. The van der Waals surface area contributed by atoms with Gasteiger partial charge in [0.15, 0.2) is 5.60 Å². The topological polar surface area (TPSA) is 55.8 Å². The van der Waals surface area contributed by atoms with E-state index >= 15 is 0 Å². The number of methoxy groups -OCH3 is 1. The second-order valence-electron chi connectivity index (χ2n) is 6.72. The molecule has 2 aliphatic rings. The first-order valence-electron chi connectivity index (χ1n) is 8.88. The van der Waals surface area contributed by atoms with Gasteiger partial charge in [-0.3, -0.25) is 14.5 Å². The van der Waals surface area contributed by atoms with Crippen LogP contribution in [-0.2, 0) is 21.7 Å². The van der Waals surface area contributed by atoms with E-state index in [-0.39, 0.29) is 18.4 Å². The monoisotopic (exact) mass is 351 g/mol. The number of hydrogen-bond acceptors (Lipinski definition) is 4. The lowest BCUT2D eigenvalue weighted by molar-refractivity contribution is -0.166. The molecule has 1 unspecified atom stereocenters. The molecule has 2 aromatic carbocycles. The molecule has 1 spiro atoms. The summed E-state index contributed by atoms with van der Waals surface area (Å²) >= 11 is 0. The van der Waals surface area contributed by atoms with Gasteiger partial charge < -0.3 is 9.47 Å². The van der Waals surface area contributed by atoms with Gasteiger partial charge >= 0.3 is 0 Å². The van der Waals surface area contributed by atoms with Crippen LogP contribution >= 0.6 is 0 Å². The Bertz CT molecular complexity index is 837. The summed E-state index contributed by atoms with van der Waals surface area (Å²) in [5, 5.41) is 0. The van der Waals surface area contributed by atoms with E-state index in [0.717, 1.165) is 24.2 Å². The third-order valence-electron chi connectivity index (χ3n) is 5.20. The first-order chi connectivity index (χ1) is 12.7. The van der Waals surface area contributed by atoms with Gasteiger partial charge in [-0.15, -0.1) is 0 Å². The third kappa shape index (κ3) is 2.59. The van der Waals surface area contributed by atoms with Crippen molar-refractivity contribution in [3.63, 3.8) is 0 Å². The molecule has 1 saturated heterocycles. The maximum atomic E-state index is 13.4. The van der Waals surface area contributed by atoms with Crippen molar-refractivity contribution in [1.29, 1.82) is 0 Å². The van der Waals surface area contributed by atoms with E-state index in [0.29, 0.717) is 24.2 Å². The van der Waals surface area contributed by atoms with Gasteiger partial charge in [-0.25, -0.2) is 0 Å². The van der Waals surface area contributed by atoms with E-state index in [1.54, 1.807) is 13.2 Å². The van der Waals surface area contributed by atoms with Crippen molar-refractivity contribution in [2.24, 2.45) is 0 Å². The number of nitrogens with zero attached hydrogens (tertiary/aromatic N) is 1. The van der Waals surface area contributed by atoms with Crippen LogP contribution in [-0.4, -0.2) is 30.4 Å². The Morgan fingerprint density at radius 1 is 1.08 bits per heavy atom. The fourth-order valence-corrected chi connectivity index (χ4v) is 3.83. The predicted molar refractivity (Wildman–Crippen MR) is 95.8 cm³/mol. The van der Waals surface area contributed by atoms with Crippen molar-refractivity contribution in [3.8, 4) is 5.75 Å². The molecule has 0 bridgehead atoms. The molecule has 2 amide bonds. The van der Waals surface area contributed by atoms with Crippen LogP contribution in [0.25, 0.3) is 0 Å². The molecule has 0 N–H and O–H groups in total. The van der Waals surface area contributed by atoms with Crippen LogP contribution in [0.4, 0.5) is 0 Å². The van der Waals surface area contributed by atoms with Crippen molar-refractivity contribution in [3.05, 3.63) is 65.2 Å². The van der Waals surface area contributed by atoms with Crippen LogP contribution in [0.5, 0.6) is 5.75 Å². The van der Waals surface area contributed by atoms with Gasteiger partial charge in [0.1, 0.15) is 5.75 Å². The molecule has 26 heavy (non-hydrogen) atoms. The summed E-state index contributed by atoms with van der Waals surface area (Å²) in [7, 11) is 1.60. The molecule has 4 rings (SSSR count). The Morgan fingerprint density at radius 2 is 1.85 bits per heavy atom. The van der Waals surface area contributed by atoms with Gasteiger partial charge in [0.2, 0.25) is 0 Å². The van der Waals surface area contributed by atoms with Crippen LogP contribution in [0.2, 0.25) is 0 Å². The number of ether oxygens (including phenoxy) is 2. The number of amides is 2. The Balaban J connectivity index is 1.73. The number of rotatable bonds is 3. The lowest BCUT2D eigenvalue weighted by Gasteiger charge is -2.43. The van der Waals surface area contributed by atoms with Gasteiger partial charge in [-0.05, 0) is 43.0 Å². The molecule has 5 heteroatoms. The molecule has 0 aromatic heterocycles. The molecule has 0 saturated carbocycles. The summed E-state index contributed by atoms with van der Waals surface area (Å²) in [4.78, 5) is 27.7. The molecular formula is C21H21NO4. The number of carbonyl (C=O) groups excluding carboxylic acids is 2. The standard InChI is InChI=1S/C21H21NO4/c1-25-16-10-8-15(9-11-16)14-22-19(23)17-6-2-3-7-18(17)21(20(22)24)12-4-5-13-26-21/h2-3,6-11H,4-5,12-14H2,1H3. The molecule has 1 fully saturated rings. The minimum absolute atomic E-state index is 0.223. The average Bonchev–Trinajstić information content (AvgIpc) is 2.71. The fraction of sp³-hybridized carbons (Fsp3) is 0.333. The van der Waals surface area contributed by atoms with Crippen molar-refractivity contribution in [2.45, 2.75) is 31.4 Å². The molecule has 2 aromatic rings. The first kappa shape index (κ1) is 16.8. The summed E-state index contributed by atoms with van der Waals surface area (Å²) < 4.78 is 11.2. The Hall–Kier alpha value is -2.66. The number of hydrogen-bond donors (Lipinski definition) is 0. The van der Waals surface area contributed by atoms with Crippen molar-refractivity contribution >= 4 is 11.8 Å². The molecular weight excluding hydrogens is 330 g/mol. The van der Waals surface area contributed by atoms with Gasteiger partial charge in [0.05, 0.1) is 13.7 Å². The minimum atomic E-state index is -1.03. The van der Waals surface area contributed by atoms with Gasteiger partial charge in [-0.1, -0.05) is 30.3 Å². The normalized spacial score (nSPS) is 22.4. The molecule has 2 heterocycles. The van der Waals surface area contributed by atoms with Gasteiger partial charge in [0, 0.05) is 17.7 Å². The maximum absolute atomic E-state index is 13.4. The third-order valence-corrected chi connectivity index (χ3v) is 5.20. The maximum Gasteiger partial charge on any atom is 0.266 e. The van der Waals surface area contributed by atoms with Crippen LogP contribution in [0.15, 0.2) is 48.5 Å². The summed E-state index contributed by atoms with van der Waals surface area (Å²) in [5.41, 5.74) is 1.11. The summed E-state index contributed by atoms with van der Waals surface area (Å²) in [6, 6.07) is 14.7. The largest absolute Gasteiger partial charge is 0.497 e. The van der Waals surface area contributed by atoms with Crippen molar-refractivity contribution in [1.82, 2.24) is 4.90 Å². The van der Waals surface area contributed by atoms with E-state index < -0.39 is 5.60 Å². The molecule has 2 aliphatic heterocycles. The number of fused-ring (bicyclic) bond motifs is 2. The van der Waals surface area contributed by atoms with Crippen LogP contribution < -0.4 is 4.74 Å². The van der Waals surface area contributed by atoms with E-state index in [1.807, 2.05) is 42.5 Å². The summed E-state index contributed by atoms with van der Waals surface area (Å²) in [6.45, 7) is 0.756. The zero-order valence-corrected chi connectivity index (χ0v) is 14.7. The fourth-order valence-electron chi connectivity index (χ4n) is 3.83. The SMILES string of the molecule is COc1ccc(CN2C(=O)c3ccccc3C3(CCCCO3)C2=O)cc1. The average molecular weight is 351 g/mol.